The maximum atomic E-state index is 2.49. The molecule has 222 valence electrons. The van der Waals surface area contributed by atoms with E-state index in [-0.39, 0.29) is 0 Å². The minimum absolute atomic E-state index is 1.24. The second-order valence-corrected chi connectivity index (χ2v) is 14.8. The van der Waals surface area contributed by atoms with Gasteiger partial charge in [0.2, 0.25) is 0 Å². The molecule has 0 atom stereocenters. The molecular weight excluding hydrogens is 607 g/mol. The quantitative estimate of drug-likeness (QED) is 0.182. The summed E-state index contributed by atoms with van der Waals surface area (Å²) in [7, 11) is 0. The molecule has 10 aromatic rings. The van der Waals surface area contributed by atoms with E-state index >= 15 is 0 Å². The summed E-state index contributed by atoms with van der Waals surface area (Å²) in [6.07, 6.45) is 0. The highest BCUT2D eigenvalue weighted by Gasteiger charge is 2.19. The Morgan fingerprint density at radius 1 is 0.404 bits per heavy atom. The van der Waals surface area contributed by atoms with E-state index in [1.54, 1.807) is 0 Å². The monoisotopic (exact) mass is 635 g/mol. The van der Waals surface area contributed by atoms with Gasteiger partial charge >= 0.3 is 0 Å². The molecule has 0 spiro atoms. The van der Waals surface area contributed by atoms with Crippen LogP contribution in [0, 0.1) is 13.8 Å². The standard InChI is InChI=1S/C44H29NS2/c1-26-16-19-38-35(21-26)31-18-15-27(2)22-40(31)45(38)39-13-8-12-33-37-25-30(24-34(43(37)47-44(33)39)28-9-4-3-5-10-28)29-17-20-42-36(23-29)32-11-6-7-14-41(32)46-42/h3-25H,1-2H3. The molecule has 0 unspecified atom stereocenters. The van der Waals surface area contributed by atoms with Gasteiger partial charge in [0.15, 0.2) is 0 Å². The number of benzene rings is 7. The van der Waals surface area contributed by atoms with E-state index < -0.39 is 0 Å². The number of thiophene rings is 2. The van der Waals surface area contributed by atoms with Crippen LogP contribution in [0.15, 0.2) is 140 Å². The molecule has 10 rings (SSSR count). The van der Waals surface area contributed by atoms with Gasteiger partial charge in [0.05, 0.1) is 21.4 Å². The number of nitrogens with zero attached hydrogens (tertiary/aromatic N) is 1. The van der Waals surface area contributed by atoms with Gasteiger partial charge in [-0.25, -0.2) is 0 Å². The van der Waals surface area contributed by atoms with Gasteiger partial charge in [0, 0.05) is 52.0 Å². The fraction of sp³-hybridized carbons (Fsp3) is 0.0455. The molecule has 3 aromatic heterocycles. The highest BCUT2D eigenvalue weighted by atomic mass is 32.1. The molecule has 0 saturated heterocycles. The molecule has 0 radical (unpaired) electrons. The zero-order chi connectivity index (χ0) is 31.2. The molecule has 0 N–H and O–H groups in total. The molecule has 3 heterocycles. The second-order valence-electron chi connectivity index (χ2n) is 12.7. The van der Waals surface area contributed by atoms with Crippen molar-refractivity contribution < 1.29 is 0 Å². The van der Waals surface area contributed by atoms with Crippen LogP contribution in [0.2, 0.25) is 0 Å². The fourth-order valence-electron chi connectivity index (χ4n) is 7.47. The SMILES string of the molecule is Cc1ccc2c(c1)c1ccc(C)cc1n2-c1cccc2c1sc1c(-c3ccccc3)cc(-c3ccc4sc5ccccc5c4c3)cc12. The van der Waals surface area contributed by atoms with Crippen LogP contribution in [0.5, 0.6) is 0 Å². The Hall–Kier alpha value is -5.22. The van der Waals surface area contributed by atoms with Gasteiger partial charge in [0.25, 0.3) is 0 Å². The second kappa shape index (κ2) is 10.1. The van der Waals surface area contributed by atoms with E-state index in [2.05, 4.69) is 158 Å². The molecule has 7 aromatic carbocycles. The minimum atomic E-state index is 1.24. The summed E-state index contributed by atoms with van der Waals surface area (Å²) in [4.78, 5) is 0. The Bertz CT molecular complexity index is 2860. The van der Waals surface area contributed by atoms with Gasteiger partial charge in [-0.05, 0) is 90.7 Å². The van der Waals surface area contributed by atoms with Gasteiger partial charge in [-0.2, -0.15) is 0 Å². The Balaban J connectivity index is 1.28. The average molecular weight is 636 g/mol. The molecule has 0 aliphatic carbocycles. The molecular formula is C44H29NS2. The maximum absolute atomic E-state index is 2.49. The van der Waals surface area contributed by atoms with Crippen LogP contribution in [0.3, 0.4) is 0 Å². The van der Waals surface area contributed by atoms with Gasteiger partial charge in [-0.1, -0.05) is 90.5 Å². The van der Waals surface area contributed by atoms with Gasteiger partial charge in [-0.3, -0.25) is 0 Å². The van der Waals surface area contributed by atoms with Crippen molar-refractivity contribution in [1.29, 1.82) is 0 Å². The van der Waals surface area contributed by atoms with E-state index in [0.717, 1.165) is 0 Å². The van der Waals surface area contributed by atoms with E-state index in [4.69, 9.17) is 0 Å². The van der Waals surface area contributed by atoms with Crippen molar-refractivity contribution in [3.8, 4) is 27.9 Å². The molecule has 3 heteroatoms. The number of hydrogen-bond donors (Lipinski definition) is 0. The lowest BCUT2D eigenvalue weighted by Crippen LogP contribution is -1.94. The van der Waals surface area contributed by atoms with Crippen molar-refractivity contribution >= 4 is 84.8 Å². The van der Waals surface area contributed by atoms with Crippen LogP contribution in [-0.2, 0) is 0 Å². The number of fused-ring (bicyclic) bond motifs is 9. The zero-order valence-electron chi connectivity index (χ0n) is 26.0. The highest BCUT2D eigenvalue weighted by molar-refractivity contribution is 7.27. The average Bonchev–Trinajstić information content (AvgIpc) is 3.77. The van der Waals surface area contributed by atoms with Gasteiger partial charge in [-0.15, -0.1) is 22.7 Å². The van der Waals surface area contributed by atoms with Crippen LogP contribution >= 0.6 is 22.7 Å². The predicted molar refractivity (Wildman–Crippen MR) is 207 cm³/mol. The molecule has 0 saturated carbocycles. The fourth-order valence-corrected chi connectivity index (χ4v) is 9.88. The Morgan fingerprint density at radius 2 is 1.17 bits per heavy atom. The normalized spacial score (nSPS) is 12.0. The van der Waals surface area contributed by atoms with Crippen LogP contribution < -0.4 is 0 Å². The van der Waals surface area contributed by atoms with Crippen LogP contribution in [0.25, 0.3) is 90.1 Å². The van der Waals surface area contributed by atoms with Crippen molar-refractivity contribution in [3.63, 3.8) is 0 Å². The summed E-state index contributed by atoms with van der Waals surface area (Å²) in [6.45, 7) is 4.38. The number of rotatable bonds is 3. The molecule has 0 fully saturated rings. The summed E-state index contributed by atoms with van der Waals surface area (Å²) < 4.78 is 7.82. The first-order valence-electron chi connectivity index (χ1n) is 16.1. The molecule has 0 amide bonds. The summed E-state index contributed by atoms with van der Waals surface area (Å²) >= 11 is 3.80. The Kier molecular flexibility index (Phi) is 5.81. The van der Waals surface area contributed by atoms with Gasteiger partial charge < -0.3 is 4.57 Å². The van der Waals surface area contributed by atoms with Crippen LogP contribution in [0.4, 0.5) is 0 Å². The third kappa shape index (κ3) is 4.07. The lowest BCUT2D eigenvalue weighted by Gasteiger charge is -2.10. The van der Waals surface area contributed by atoms with Crippen molar-refractivity contribution in [2.24, 2.45) is 0 Å². The number of aromatic nitrogens is 1. The lowest BCUT2D eigenvalue weighted by molar-refractivity contribution is 1.20. The Labute approximate surface area is 280 Å². The van der Waals surface area contributed by atoms with Crippen molar-refractivity contribution in [2.75, 3.05) is 0 Å². The summed E-state index contributed by atoms with van der Waals surface area (Å²) in [5.41, 5.74) is 11.3. The third-order valence-corrected chi connectivity index (χ3v) is 12.1. The van der Waals surface area contributed by atoms with E-state index in [1.807, 2.05) is 22.7 Å². The first kappa shape index (κ1) is 26.9. The molecule has 1 nitrogen and oxygen atoms in total. The molecule has 0 aliphatic rings. The first-order valence-corrected chi connectivity index (χ1v) is 17.7. The summed E-state index contributed by atoms with van der Waals surface area (Å²) in [5, 5.41) is 7.89. The molecule has 0 bridgehead atoms. The predicted octanol–water partition coefficient (Wildman–Crippen LogP) is 13.5. The van der Waals surface area contributed by atoms with Crippen molar-refractivity contribution in [1.82, 2.24) is 4.57 Å². The Morgan fingerprint density at radius 3 is 2.09 bits per heavy atom. The maximum Gasteiger partial charge on any atom is 0.0640 e. The lowest BCUT2D eigenvalue weighted by atomic mass is 9.95. The largest absolute Gasteiger partial charge is 0.308 e. The van der Waals surface area contributed by atoms with Crippen LogP contribution in [0.1, 0.15) is 11.1 Å². The highest BCUT2D eigenvalue weighted by Crippen LogP contribution is 2.46. The van der Waals surface area contributed by atoms with Crippen LogP contribution in [-0.4, -0.2) is 4.57 Å². The van der Waals surface area contributed by atoms with E-state index in [0.29, 0.717) is 0 Å². The summed E-state index contributed by atoms with van der Waals surface area (Å²) in [6, 6.07) is 52.1. The first-order chi connectivity index (χ1) is 23.1. The topological polar surface area (TPSA) is 4.93 Å². The number of aryl methyl sites for hydroxylation is 2. The minimum Gasteiger partial charge on any atom is -0.308 e. The molecule has 47 heavy (non-hydrogen) atoms. The number of hydrogen-bond acceptors (Lipinski definition) is 2. The van der Waals surface area contributed by atoms with E-state index in [9.17, 15) is 0 Å². The molecule has 0 aliphatic heterocycles. The van der Waals surface area contributed by atoms with Gasteiger partial charge in [0.1, 0.15) is 0 Å². The summed E-state index contributed by atoms with van der Waals surface area (Å²) in [5.74, 6) is 0. The third-order valence-electron chi connectivity index (χ3n) is 9.69. The zero-order valence-corrected chi connectivity index (χ0v) is 27.7. The smallest absolute Gasteiger partial charge is 0.0640 e. The van der Waals surface area contributed by atoms with Crippen molar-refractivity contribution in [3.05, 3.63) is 151 Å². The van der Waals surface area contributed by atoms with Crippen molar-refractivity contribution in [2.45, 2.75) is 13.8 Å². The van der Waals surface area contributed by atoms with E-state index in [1.165, 1.54) is 101 Å².